The quantitative estimate of drug-likeness (QED) is 0.636. The van der Waals surface area contributed by atoms with Crippen LogP contribution in [0.25, 0.3) is 0 Å². The zero-order valence-electron chi connectivity index (χ0n) is 11.5. The summed E-state index contributed by atoms with van der Waals surface area (Å²) in [5.74, 6) is 8.08. The van der Waals surface area contributed by atoms with E-state index in [1.807, 2.05) is 6.92 Å². The van der Waals surface area contributed by atoms with Crippen molar-refractivity contribution in [3.63, 3.8) is 0 Å². The molecule has 20 heavy (non-hydrogen) atoms. The van der Waals surface area contributed by atoms with Crippen molar-refractivity contribution >= 4 is 5.82 Å². The molecule has 7 heteroatoms. The lowest BCUT2D eigenvalue weighted by atomic mass is 10.3. The monoisotopic (exact) mass is 276 g/mol. The Hall–Kier alpha value is -2.54. The number of benzene rings is 1. The van der Waals surface area contributed by atoms with Crippen LogP contribution in [0.5, 0.6) is 23.1 Å². The minimum absolute atomic E-state index is 0.406. The predicted molar refractivity (Wildman–Crippen MR) is 74.2 cm³/mol. The number of hydrogen-bond acceptors (Lipinski definition) is 7. The smallest absolute Gasteiger partial charge is 0.227 e. The van der Waals surface area contributed by atoms with E-state index >= 15 is 0 Å². The van der Waals surface area contributed by atoms with Gasteiger partial charge in [0.05, 0.1) is 19.8 Å². The van der Waals surface area contributed by atoms with E-state index in [1.165, 1.54) is 6.33 Å². The van der Waals surface area contributed by atoms with Gasteiger partial charge in [0.1, 0.15) is 29.4 Å². The molecule has 2 aromatic rings. The molecular weight excluding hydrogens is 260 g/mol. The van der Waals surface area contributed by atoms with E-state index in [0.29, 0.717) is 34.5 Å². The number of ether oxygens (including phenoxy) is 3. The number of rotatable bonds is 5. The second-order valence-electron chi connectivity index (χ2n) is 3.95. The Bertz CT molecular complexity index is 582. The third-order valence-electron chi connectivity index (χ3n) is 2.71. The van der Waals surface area contributed by atoms with Crippen LogP contribution < -0.4 is 25.5 Å². The highest BCUT2D eigenvalue weighted by molar-refractivity contribution is 5.49. The second kappa shape index (κ2) is 6.07. The third kappa shape index (κ3) is 2.89. The SMILES string of the molecule is COc1cc(OC)cc(Oc2ncnc(NN)c2C)c1. The molecule has 0 amide bonds. The molecular formula is C13H16N4O3. The minimum Gasteiger partial charge on any atom is -0.496 e. The van der Waals surface area contributed by atoms with Crippen molar-refractivity contribution in [1.82, 2.24) is 9.97 Å². The standard InChI is InChI=1S/C13H16N4O3/c1-8-12(17-14)15-7-16-13(8)20-11-5-9(18-2)4-10(6-11)19-3/h4-7H,14H2,1-3H3,(H,15,16,17). The molecule has 0 bridgehead atoms. The van der Waals surface area contributed by atoms with E-state index in [2.05, 4.69) is 15.4 Å². The predicted octanol–water partition coefficient (Wildman–Crippen LogP) is 1.88. The van der Waals surface area contributed by atoms with E-state index in [1.54, 1.807) is 32.4 Å². The summed E-state index contributed by atoms with van der Waals surface area (Å²) in [5.41, 5.74) is 3.19. The molecule has 0 fully saturated rings. The maximum absolute atomic E-state index is 5.73. The van der Waals surface area contributed by atoms with Crippen LogP contribution in [0.2, 0.25) is 0 Å². The van der Waals surface area contributed by atoms with E-state index in [4.69, 9.17) is 20.1 Å². The maximum Gasteiger partial charge on any atom is 0.227 e. The number of nitrogens with one attached hydrogen (secondary N) is 1. The summed E-state index contributed by atoms with van der Waals surface area (Å²) in [6.07, 6.45) is 1.37. The highest BCUT2D eigenvalue weighted by Gasteiger charge is 2.10. The first-order valence-corrected chi connectivity index (χ1v) is 5.87. The molecule has 0 saturated carbocycles. The zero-order valence-corrected chi connectivity index (χ0v) is 11.5. The summed E-state index contributed by atoms with van der Waals surface area (Å²) < 4.78 is 16.1. The molecule has 0 spiro atoms. The van der Waals surface area contributed by atoms with Crippen molar-refractivity contribution in [2.24, 2.45) is 5.84 Å². The topological polar surface area (TPSA) is 91.5 Å². The molecule has 1 heterocycles. The van der Waals surface area contributed by atoms with Crippen LogP contribution in [-0.2, 0) is 0 Å². The van der Waals surface area contributed by atoms with Crippen molar-refractivity contribution in [3.05, 3.63) is 30.1 Å². The van der Waals surface area contributed by atoms with Crippen molar-refractivity contribution in [3.8, 4) is 23.1 Å². The lowest BCUT2D eigenvalue weighted by Gasteiger charge is -2.12. The van der Waals surface area contributed by atoms with Gasteiger partial charge in [0.25, 0.3) is 0 Å². The molecule has 0 aliphatic carbocycles. The van der Waals surface area contributed by atoms with Gasteiger partial charge in [-0.05, 0) is 6.92 Å². The summed E-state index contributed by atoms with van der Waals surface area (Å²) in [6, 6.07) is 5.23. The summed E-state index contributed by atoms with van der Waals surface area (Å²) >= 11 is 0. The number of aromatic nitrogens is 2. The highest BCUT2D eigenvalue weighted by atomic mass is 16.5. The molecule has 2 rings (SSSR count). The van der Waals surface area contributed by atoms with Crippen LogP contribution in [0.4, 0.5) is 5.82 Å². The lowest BCUT2D eigenvalue weighted by molar-refractivity contribution is 0.384. The molecule has 0 aliphatic rings. The van der Waals surface area contributed by atoms with Crippen LogP contribution in [-0.4, -0.2) is 24.2 Å². The summed E-state index contributed by atoms with van der Waals surface area (Å²) in [7, 11) is 3.15. The molecule has 7 nitrogen and oxygen atoms in total. The maximum atomic E-state index is 5.73. The van der Waals surface area contributed by atoms with Crippen molar-refractivity contribution in [1.29, 1.82) is 0 Å². The molecule has 1 aromatic carbocycles. The number of nitrogens with zero attached hydrogens (tertiary/aromatic N) is 2. The fourth-order valence-electron chi connectivity index (χ4n) is 1.63. The van der Waals surface area contributed by atoms with Crippen LogP contribution in [0, 0.1) is 6.92 Å². The minimum atomic E-state index is 0.406. The first-order valence-electron chi connectivity index (χ1n) is 5.87. The Morgan fingerprint density at radius 3 is 2.15 bits per heavy atom. The number of nitrogen functional groups attached to an aromatic ring is 1. The molecule has 0 radical (unpaired) electrons. The molecule has 106 valence electrons. The first-order chi connectivity index (χ1) is 9.67. The highest BCUT2D eigenvalue weighted by Crippen LogP contribution is 2.32. The van der Waals surface area contributed by atoms with Crippen LogP contribution in [0.15, 0.2) is 24.5 Å². The van der Waals surface area contributed by atoms with Crippen LogP contribution in [0.3, 0.4) is 0 Å². The Balaban J connectivity index is 2.34. The number of methoxy groups -OCH3 is 2. The van der Waals surface area contributed by atoms with Gasteiger partial charge in [-0.3, -0.25) is 0 Å². The van der Waals surface area contributed by atoms with E-state index < -0.39 is 0 Å². The van der Waals surface area contributed by atoms with Gasteiger partial charge in [-0.1, -0.05) is 0 Å². The Morgan fingerprint density at radius 1 is 1.00 bits per heavy atom. The van der Waals surface area contributed by atoms with E-state index in [-0.39, 0.29) is 0 Å². The van der Waals surface area contributed by atoms with Crippen molar-refractivity contribution in [2.45, 2.75) is 6.92 Å². The summed E-state index contributed by atoms with van der Waals surface area (Å²) in [4.78, 5) is 8.07. The molecule has 0 aliphatic heterocycles. The fourth-order valence-corrected chi connectivity index (χ4v) is 1.63. The van der Waals surface area contributed by atoms with Gasteiger partial charge in [0.2, 0.25) is 5.88 Å². The van der Waals surface area contributed by atoms with Gasteiger partial charge in [-0.2, -0.15) is 0 Å². The number of anilines is 1. The van der Waals surface area contributed by atoms with Gasteiger partial charge in [-0.15, -0.1) is 0 Å². The molecule has 0 atom stereocenters. The Morgan fingerprint density at radius 2 is 1.60 bits per heavy atom. The zero-order chi connectivity index (χ0) is 14.5. The second-order valence-corrected chi connectivity index (χ2v) is 3.95. The molecule has 1 aromatic heterocycles. The van der Waals surface area contributed by atoms with Crippen molar-refractivity contribution in [2.75, 3.05) is 19.6 Å². The van der Waals surface area contributed by atoms with Gasteiger partial charge in [0.15, 0.2) is 0 Å². The van der Waals surface area contributed by atoms with Crippen LogP contribution in [0.1, 0.15) is 5.56 Å². The number of hydrazine groups is 1. The Kier molecular flexibility index (Phi) is 4.21. The van der Waals surface area contributed by atoms with E-state index in [9.17, 15) is 0 Å². The fraction of sp³-hybridized carbons (Fsp3) is 0.231. The van der Waals surface area contributed by atoms with Gasteiger partial charge in [-0.25, -0.2) is 15.8 Å². The van der Waals surface area contributed by atoms with Crippen molar-refractivity contribution < 1.29 is 14.2 Å². The molecule has 3 N–H and O–H groups in total. The van der Waals surface area contributed by atoms with Gasteiger partial charge in [0, 0.05) is 18.2 Å². The molecule has 0 unspecified atom stereocenters. The summed E-state index contributed by atoms with van der Waals surface area (Å²) in [6.45, 7) is 1.81. The number of hydrogen-bond donors (Lipinski definition) is 2. The average molecular weight is 276 g/mol. The Labute approximate surface area is 116 Å². The van der Waals surface area contributed by atoms with Gasteiger partial charge < -0.3 is 19.6 Å². The van der Waals surface area contributed by atoms with Gasteiger partial charge >= 0.3 is 0 Å². The third-order valence-corrected chi connectivity index (χ3v) is 2.71. The van der Waals surface area contributed by atoms with E-state index in [0.717, 1.165) is 0 Å². The average Bonchev–Trinajstić information content (AvgIpc) is 2.49. The largest absolute Gasteiger partial charge is 0.496 e. The lowest BCUT2D eigenvalue weighted by Crippen LogP contribution is -2.11. The first kappa shape index (κ1) is 13.9. The van der Waals surface area contributed by atoms with Crippen LogP contribution >= 0.6 is 0 Å². The number of nitrogens with two attached hydrogens (primary N) is 1. The summed E-state index contributed by atoms with van der Waals surface area (Å²) in [5, 5.41) is 0. The molecule has 0 saturated heterocycles. The normalized spacial score (nSPS) is 10.0.